The van der Waals surface area contributed by atoms with Gasteiger partial charge in [-0.2, -0.15) is 0 Å². The Hall–Kier alpha value is -3.15. The lowest BCUT2D eigenvalue weighted by molar-refractivity contribution is 0.400. The molecule has 0 bridgehead atoms. The fourth-order valence-electron chi connectivity index (χ4n) is 4.48. The summed E-state index contributed by atoms with van der Waals surface area (Å²) in [7, 11) is -2.39. The quantitative estimate of drug-likeness (QED) is 0.399. The third-order valence-electron chi connectivity index (χ3n) is 6.12. The molecule has 0 saturated carbocycles. The third kappa shape index (κ3) is 4.71. The van der Waals surface area contributed by atoms with Crippen molar-refractivity contribution in [3.63, 3.8) is 0 Å². The molecular formula is C24H26N6O3S2. The van der Waals surface area contributed by atoms with Crippen molar-refractivity contribution in [1.29, 1.82) is 0 Å². The number of aromatic nitrogens is 4. The fourth-order valence-corrected chi connectivity index (χ4v) is 7.01. The molecule has 1 aliphatic heterocycles. The van der Waals surface area contributed by atoms with Crippen LogP contribution in [-0.4, -0.2) is 48.6 Å². The highest BCUT2D eigenvalue weighted by atomic mass is 32.2. The Balaban J connectivity index is 1.55. The molecule has 1 aromatic carbocycles. The summed E-state index contributed by atoms with van der Waals surface area (Å²) in [4.78, 5) is 17.7. The Morgan fingerprint density at radius 3 is 2.60 bits per heavy atom. The maximum Gasteiger partial charge on any atom is 0.273 e. The Kier molecular flexibility index (Phi) is 6.39. The van der Waals surface area contributed by atoms with Crippen LogP contribution in [0.25, 0.3) is 22.0 Å². The molecule has 4 aromatic rings. The minimum atomic E-state index is -3.85. The van der Waals surface area contributed by atoms with Crippen LogP contribution in [-0.2, 0) is 10.0 Å². The van der Waals surface area contributed by atoms with Crippen molar-refractivity contribution >= 4 is 38.0 Å². The zero-order valence-corrected chi connectivity index (χ0v) is 21.3. The normalized spacial score (nSPS) is 14.8. The van der Waals surface area contributed by atoms with E-state index >= 15 is 0 Å². The van der Waals surface area contributed by atoms with E-state index in [9.17, 15) is 8.42 Å². The first-order chi connectivity index (χ1) is 16.9. The molecule has 3 aromatic heterocycles. The molecule has 1 fully saturated rings. The second kappa shape index (κ2) is 9.48. The van der Waals surface area contributed by atoms with Gasteiger partial charge in [0.25, 0.3) is 10.0 Å². The maximum atomic E-state index is 13.1. The largest absolute Gasteiger partial charge is 0.480 e. The number of nitrogens with one attached hydrogen (secondary N) is 2. The van der Waals surface area contributed by atoms with Crippen molar-refractivity contribution in [2.75, 3.05) is 24.9 Å². The summed E-state index contributed by atoms with van der Waals surface area (Å²) in [6.07, 6.45) is 5.36. The summed E-state index contributed by atoms with van der Waals surface area (Å²) in [5.74, 6) is 0.565. The Labute approximate surface area is 208 Å². The molecule has 5 rings (SSSR count). The van der Waals surface area contributed by atoms with Crippen LogP contribution in [0.4, 0.5) is 5.69 Å². The lowest BCUT2D eigenvalue weighted by Crippen LogP contribution is -2.27. The number of methoxy groups -OCH3 is 1. The van der Waals surface area contributed by atoms with Crippen molar-refractivity contribution in [3.05, 3.63) is 53.2 Å². The van der Waals surface area contributed by atoms with Crippen molar-refractivity contribution in [3.8, 4) is 17.0 Å². The lowest BCUT2D eigenvalue weighted by atomic mass is 9.91. The molecule has 35 heavy (non-hydrogen) atoms. The second-order valence-corrected chi connectivity index (χ2v) is 11.6. The van der Waals surface area contributed by atoms with Crippen LogP contribution in [0.3, 0.4) is 0 Å². The van der Waals surface area contributed by atoms with Gasteiger partial charge in [0.2, 0.25) is 5.88 Å². The molecule has 0 radical (unpaired) electrons. The van der Waals surface area contributed by atoms with Gasteiger partial charge in [-0.25, -0.2) is 28.4 Å². The van der Waals surface area contributed by atoms with Crippen molar-refractivity contribution < 1.29 is 13.2 Å². The molecule has 182 valence electrons. The summed E-state index contributed by atoms with van der Waals surface area (Å²) >= 11 is 1.13. The van der Waals surface area contributed by atoms with Gasteiger partial charge in [-0.3, -0.25) is 4.72 Å². The van der Waals surface area contributed by atoms with Gasteiger partial charge in [0.15, 0.2) is 4.21 Å². The molecule has 2 N–H and O–H groups in total. The summed E-state index contributed by atoms with van der Waals surface area (Å²) in [5, 5.41) is 5.09. The predicted molar refractivity (Wildman–Crippen MR) is 137 cm³/mol. The van der Waals surface area contributed by atoms with E-state index in [0.717, 1.165) is 65.0 Å². The highest BCUT2D eigenvalue weighted by molar-refractivity contribution is 7.94. The molecule has 11 heteroatoms. The number of sulfonamides is 1. The topological polar surface area (TPSA) is 119 Å². The van der Waals surface area contributed by atoms with Gasteiger partial charge in [-0.15, -0.1) is 11.3 Å². The van der Waals surface area contributed by atoms with Gasteiger partial charge < -0.3 is 10.1 Å². The summed E-state index contributed by atoms with van der Waals surface area (Å²) in [6, 6.07) is 7.72. The maximum absolute atomic E-state index is 13.1. The summed E-state index contributed by atoms with van der Waals surface area (Å²) in [6.45, 7) is 5.41. The number of piperidine rings is 1. The van der Waals surface area contributed by atoms with Crippen LogP contribution < -0.4 is 14.8 Å². The van der Waals surface area contributed by atoms with Gasteiger partial charge in [-0.1, -0.05) is 6.07 Å². The van der Waals surface area contributed by atoms with Crippen molar-refractivity contribution in [1.82, 2.24) is 25.3 Å². The first-order valence-corrected chi connectivity index (χ1v) is 13.6. The van der Waals surface area contributed by atoms with Crippen LogP contribution in [0.15, 0.2) is 41.0 Å². The number of pyridine rings is 1. The molecule has 0 unspecified atom stereocenters. The van der Waals surface area contributed by atoms with E-state index in [-0.39, 0.29) is 15.8 Å². The number of thiazole rings is 1. The SMILES string of the molecule is COc1ncc(-c2ccc3ncnc(C4CCNCC4)c3c2)cc1NS(=O)(=O)c1sc(C)nc1C. The first kappa shape index (κ1) is 23.6. The predicted octanol–water partition coefficient (Wildman–Crippen LogP) is 4.04. The number of nitrogens with zero attached hydrogens (tertiary/aromatic N) is 4. The van der Waals surface area contributed by atoms with Crippen LogP contribution in [0.1, 0.15) is 35.2 Å². The highest BCUT2D eigenvalue weighted by Crippen LogP contribution is 2.35. The molecule has 4 heterocycles. The van der Waals surface area contributed by atoms with E-state index in [4.69, 9.17) is 4.74 Å². The molecule has 9 nitrogen and oxygen atoms in total. The van der Waals surface area contributed by atoms with E-state index in [0.29, 0.717) is 16.6 Å². The zero-order chi connectivity index (χ0) is 24.6. The Bertz CT molecular complexity index is 1500. The van der Waals surface area contributed by atoms with Gasteiger partial charge in [0, 0.05) is 23.1 Å². The van der Waals surface area contributed by atoms with Crippen LogP contribution in [0.5, 0.6) is 5.88 Å². The first-order valence-electron chi connectivity index (χ1n) is 11.3. The Morgan fingerprint density at radius 2 is 1.89 bits per heavy atom. The van der Waals surface area contributed by atoms with Crippen molar-refractivity contribution in [2.45, 2.75) is 36.8 Å². The number of aryl methyl sites for hydroxylation is 2. The number of hydrogen-bond acceptors (Lipinski definition) is 9. The number of hydrogen-bond donors (Lipinski definition) is 2. The number of fused-ring (bicyclic) bond motifs is 1. The van der Waals surface area contributed by atoms with E-state index in [2.05, 4.69) is 36.0 Å². The molecule has 1 aliphatic rings. The van der Waals surface area contributed by atoms with Gasteiger partial charge >= 0.3 is 0 Å². The highest BCUT2D eigenvalue weighted by Gasteiger charge is 2.24. The minimum Gasteiger partial charge on any atom is -0.480 e. The van der Waals surface area contributed by atoms with E-state index in [1.54, 1.807) is 32.4 Å². The molecule has 0 aliphatic carbocycles. The molecule has 0 atom stereocenters. The monoisotopic (exact) mass is 510 g/mol. The van der Waals surface area contributed by atoms with Crippen LogP contribution >= 0.6 is 11.3 Å². The van der Waals surface area contributed by atoms with E-state index < -0.39 is 10.0 Å². The van der Waals surface area contributed by atoms with Gasteiger partial charge in [0.05, 0.1) is 29.0 Å². The van der Waals surface area contributed by atoms with E-state index in [1.807, 2.05) is 12.1 Å². The standard InChI is InChI=1S/C24H26N6O3S2/c1-14-24(34-15(2)29-14)35(31,32)30-21-11-18(12-26-23(21)33-3)17-4-5-20-19(10-17)22(28-13-27-20)16-6-8-25-9-7-16/h4-5,10-13,16,25,30H,6-9H2,1-3H3. The molecule has 1 saturated heterocycles. The number of anilines is 1. The van der Waals surface area contributed by atoms with Crippen LogP contribution in [0, 0.1) is 13.8 Å². The smallest absolute Gasteiger partial charge is 0.273 e. The minimum absolute atomic E-state index is 0.178. The average Bonchev–Trinajstić information content (AvgIpc) is 3.22. The lowest BCUT2D eigenvalue weighted by Gasteiger charge is -2.23. The zero-order valence-electron chi connectivity index (χ0n) is 19.7. The number of benzene rings is 1. The van der Waals surface area contributed by atoms with E-state index in [1.165, 1.54) is 7.11 Å². The van der Waals surface area contributed by atoms with Crippen molar-refractivity contribution in [2.24, 2.45) is 0 Å². The van der Waals surface area contributed by atoms with Gasteiger partial charge in [-0.05, 0) is 63.5 Å². The average molecular weight is 511 g/mol. The molecular weight excluding hydrogens is 484 g/mol. The summed E-state index contributed by atoms with van der Waals surface area (Å²) in [5.41, 5.74) is 4.31. The molecule has 0 amide bonds. The van der Waals surface area contributed by atoms with Gasteiger partial charge in [0.1, 0.15) is 12.0 Å². The second-order valence-electron chi connectivity index (χ2n) is 8.51. The number of rotatable bonds is 6. The molecule has 0 spiro atoms. The Morgan fingerprint density at radius 1 is 1.09 bits per heavy atom. The third-order valence-corrected chi connectivity index (χ3v) is 9.17. The van der Waals surface area contributed by atoms with Crippen LogP contribution in [0.2, 0.25) is 0 Å². The fraction of sp³-hybridized carbons (Fsp3) is 0.333. The number of ether oxygens (including phenoxy) is 1. The summed E-state index contributed by atoms with van der Waals surface area (Å²) < 4.78 is 34.4.